The van der Waals surface area contributed by atoms with Crippen molar-refractivity contribution < 1.29 is 4.74 Å². The van der Waals surface area contributed by atoms with E-state index in [1.54, 1.807) is 0 Å². The molecule has 0 aromatic heterocycles. The van der Waals surface area contributed by atoms with Crippen molar-refractivity contribution in [3.05, 3.63) is 29.8 Å². The summed E-state index contributed by atoms with van der Waals surface area (Å²) in [6.45, 7) is 2.68. The van der Waals surface area contributed by atoms with E-state index < -0.39 is 0 Å². The first kappa shape index (κ1) is 11.0. The van der Waals surface area contributed by atoms with Crippen molar-refractivity contribution in [3.8, 4) is 6.07 Å². The van der Waals surface area contributed by atoms with Gasteiger partial charge in [-0.1, -0.05) is 12.1 Å². The van der Waals surface area contributed by atoms with Gasteiger partial charge in [0.1, 0.15) is 6.07 Å². The molecule has 1 fully saturated rings. The predicted octanol–water partition coefficient (Wildman–Crippen LogP) is 2.03. The van der Waals surface area contributed by atoms with E-state index in [2.05, 4.69) is 11.0 Å². The van der Waals surface area contributed by atoms with E-state index in [0.29, 0.717) is 5.92 Å². The molecule has 1 aliphatic rings. The zero-order valence-electron chi connectivity index (χ0n) is 9.52. The Morgan fingerprint density at radius 1 is 1.50 bits per heavy atom. The maximum atomic E-state index is 9.03. The van der Waals surface area contributed by atoms with Gasteiger partial charge in [-0.15, -0.1) is 0 Å². The molecule has 1 aliphatic heterocycles. The Labute approximate surface area is 96.2 Å². The number of anilines is 1. The maximum absolute atomic E-state index is 9.03. The molecule has 0 N–H and O–H groups in total. The Hall–Kier alpha value is -1.53. The smallest absolute Gasteiger partial charge is 0.101 e. The SMILES string of the molecule is CN(CC1CCOC1)c1ccccc1C#N. The number of nitriles is 1. The number of benzene rings is 1. The molecular weight excluding hydrogens is 200 g/mol. The summed E-state index contributed by atoms with van der Waals surface area (Å²) in [6, 6.07) is 9.95. The van der Waals surface area contributed by atoms with E-state index in [-0.39, 0.29) is 0 Å². The van der Waals surface area contributed by atoms with E-state index in [4.69, 9.17) is 10.00 Å². The quantitative estimate of drug-likeness (QED) is 0.775. The molecule has 1 aromatic rings. The highest BCUT2D eigenvalue weighted by atomic mass is 16.5. The van der Waals surface area contributed by atoms with E-state index in [1.807, 2.05) is 31.3 Å². The molecule has 84 valence electrons. The van der Waals surface area contributed by atoms with Crippen LogP contribution in [0.2, 0.25) is 0 Å². The molecule has 1 heterocycles. The van der Waals surface area contributed by atoms with E-state index in [9.17, 15) is 0 Å². The van der Waals surface area contributed by atoms with Crippen LogP contribution in [0.25, 0.3) is 0 Å². The van der Waals surface area contributed by atoms with Gasteiger partial charge in [0.2, 0.25) is 0 Å². The first-order chi connectivity index (χ1) is 7.81. The predicted molar refractivity (Wildman–Crippen MR) is 63.4 cm³/mol. The van der Waals surface area contributed by atoms with Gasteiger partial charge in [-0.25, -0.2) is 0 Å². The van der Waals surface area contributed by atoms with Gasteiger partial charge < -0.3 is 9.64 Å². The minimum Gasteiger partial charge on any atom is -0.381 e. The van der Waals surface area contributed by atoms with Crippen LogP contribution in [0.15, 0.2) is 24.3 Å². The van der Waals surface area contributed by atoms with Gasteiger partial charge >= 0.3 is 0 Å². The molecule has 0 amide bonds. The van der Waals surface area contributed by atoms with E-state index in [1.165, 1.54) is 0 Å². The highest BCUT2D eigenvalue weighted by Gasteiger charge is 2.18. The zero-order chi connectivity index (χ0) is 11.4. The second-order valence-corrected chi connectivity index (χ2v) is 4.24. The number of hydrogen-bond acceptors (Lipinski definition) is 3. The molecular formula is C13H16N2O. The number of rotatable bonds is 3. The molecule has 0 bridgehead atoms. The van der Waals surface area contributed by atoms with Crippen LogP contribution in [-0.2, 0) is 4.74 Å². The van der Waals surface area contributed by atoms with Crippen molar-refractivity contribution in [1.29, 1.82) is 5.26 Å². The highest BCUT2D eigenvalue weighted by molar-refractivity contribution is 5.58. The van der Waals surface area contributed by atoms with Gasteiger partial charge in [0.25, 0.3) is 0 Å². The fourth-order valence-corrected chi connectivity index (χ4v) is 2.11. The first-order valence-corrected chi connectivity index (χ1v) is 5.59. The number of nitrogens with zero attached hydrogens (tertiary/aromatic N) is 2. The van der Waals surface area contributed by atoms with Crippen LogP contribution in [0.3, 0.4) is 0 Å². The molecule has 2 rings (SSSR count). The van der Waals surface area contributed by atoms with Gasteiger partial charge in [0, 0.05) is 26.1 Å². The second kappa shape index (κ2) is 5.00. The summed E-state index contributed by atoms with van der Waals surface area (Å²) < 4.78 is 5.36. The average molecular weight is 216 g/mol. The van der Waals surface area contributed by atoms with Crippen molar-refractivity contribution in [2.24, 2.45) is 5.92 Å². The van der Waals surface area contributed by atoms with Crippen LogP contribution < -0.4 is 4.90 Å². The lowest BCUT2D eigenvalue weighted by Gasteiger charge is -2.23. The molecule has 0 saturated carbocycles. The third-order valence-corrected chi connectivity index (χ3v) is 2.99. The summed E-state index contributed by atoms with van der Waals surface area (Å²) >= 11 is 0. The lowest BCUT2D eigenvalue weighted by atomic mass is 10.1. The van der Waals surface area contributed by atoms with Gasteiger partial charge in [-0.2, -0.15) is 5.26 Å². The van der Waals surface area contributed by atoms with Crippen LogP contribution in [0, 0.1) is 17.2 Å². The third-order valence-electron chi connectivity index (χ3n) is 2.99. The van der Waals surface area contributed by atoms with E-state index >= 15 is 0 Å². The van der Waals surface area contributed by atoms with Crippen LogP contribution >= 0.6 is 0 Å². The Bertz CT molecular complexity index is 391. The summed E-state index contributed by atoms with van der Waals surface area (Å²) in [6.07, 6.45) is 1.12. The Balaban J connectivity index is 2.08. The molecule has 0 spiro atoms. The van der Waals surface area contributed by atoms with Gasteiger partial charge in [0.15, 0.2) is 0 Å². The average Bonchev–Trinajstić information content (AvgIpc) is 2.81. The largest absolute Gasteiger partial charge is 0.381 e. The number of para-hydroxylation sites is 1. The third kappa shape index (κ3) is 2.34. The molecule has 1 aromatic carbocycles. The van der Waals surface area contributed by atoms with Crippen molar-refractivity contribution in [2.75, 3.05) is 31.7 Å². The fraction of sp³-hybridized carbons (Fsp3) is 0.462. The van der Waals surface area contributed by atoms with Crippen LogP contribution in [-0.4, -0.2) is 26.8 Å². The fourth-order valence-electron chi connectivity index (χ4n) is 2.11. The van der Waals surface area contributed by atoms with E-state index in [0.717, 1.165) is 37.4 Å². The zero-order valence-corrected chi connectivity index (χ0v) is 9.52. The van der Waals surface area contributed by atoms with Gasteiger partial charge in [-0.05, 0) is 18.6 Å². The molecule has 3 heteroatoms. The second-order valence-electron chi connectivity index (χ2n) is 4.24. The molecule has 1 atom stereocenters. The van der Waals surface area contributed by atoms with Gasteiger partial charge in [0.05, 0.1) is 17.9 Å². The van der Waals surface area contributed by atoms with Crippen LogP contribution in [0.5, 0.6) is 0 Å². The van der Waals surface area contributed by atoms with Crippen LogP contribution in [0.4, 0.5) is 5.69 Å². The standard InChI is InChI=1S/C13H16N2O/c1-15(9-11-6-7-16-10-11)13-5-3-2-4-12(13)8-14/h2-5,11H,6-7,9-10H2,1H3. The van der Waals surface area contributed by atoms with Crippen molar-refractivity contribution in [1.82, 2.24) is 0 Å². The topological polar surface area (TPSA) is 36.3 Å². The van der Waals surface area contributed by atoms with Crippen molar-refractivity contribution in [3.63, 3.8) is 0 Å². The summed E-state index contributed by atoms with van der Waals surface area (Å²) in [5.74, 6) is 0.594. The highest BCUT2D eigenvalue weighted by Crippen LogP contribution is 2.21. The maximum Gasteiger partial charge on any atom is 0.101 e. The Morgan fingerprint density at radius 2 is 2.31 bits per heavy atom. The summed E-state index contributed by atoms with van der Waals surface area (Å²) in [4.78, 5) is 2.15. The molecule has 0 aliphatic carbocycles. The molecule has 1 unspecified atom stereocenters. The molecule has 16 heavy (non-hydrogen) atoms. The monoisotopic (exact) mass is 216 g/mol. The summed E-state index contributed by atoms with van der Waals surface area (Å²) in [5.41, 5.74) is 1.75. The first-order valence-electron chi connectivity index (χ1n) is 5.59. The molecule has 3 nitrogen and oxygen atoms in total. The van der Waals surface area contributed by atoms with Crippen LogP contribution in [0.1, 0.15) is 12.0 Å². The number of hydrogen-bond donors (Lipinski definition) is 0. The minimum atomic E-state index is 0.594. The minimum absolute atomic E-state index is 0.594. The lowest BCUT2D eigenvalue weighted by Crippen LogP contribution is -2.26. The van der Waals surface area contributed by atoms with Crippen molar-refractivity contribution >= 4 is 5.69 Å². The summed E-state index contributed by atoms with van der Waals surface area (Å²) in [7, 11) is 2.04. The normalized spacial score (nSPS) is 19.4. The lowest BCUT2D eigenvalue weighted by molar-refractivity contribution is 0.186. The number of ether oxygens (including phenoxy) is 1. The summed E-state index contributed by atoms with van der Waals surface area (Å²) in [5, 5.41) is 9.03. The van der Waals surface area contributed by atoms with Gasteiger partial charge in [-0.3, -0.25) is 0 Å². The Morgan fingerprint density at radius 3 is 3.00 bits per heavy atom. The molecule has 1 saturated heterocycles. The molecule has 0 radical (unpaired) electrons. The Kier molecular flexibility index (Phi) is 3.43. The van der Waals surface area contributed by atoms with Crippen molar-refractivity contribution in [2.45, 2.75) is 6.42 Å².